The minimum atomic E-state index is -0.0134. The molecule has 2 heterocycles. The van der Waals surface area contributed by atoms with Crippen LogP contribution in [0, 0.1) is 12.3 Å². The molecule has 1 aliphatic heterocycles. The smallest absolute Gasteiger partial charge is 0.227 e. The van der Waals surface area contributed by atoms with Gasteiger partial charge in [0.05, 0.1) is 6.42 Å². The van der Waals surface area contributed by atoms with Crippen molar-refractivity contribution in [2.45, 2.75) is 78.8 Å². The Kier molecular flexibility index (Phi) is 5.80. The van der Waals surface area contributed by atoms with Crippen molar-refractivity contribution in [1.29, 1.82) is 0 Å². The van der Waals surface area contributed by atoms with Gasteiger partial charge >= 0.3 is 0 Å². The number of aromatic nitrogens is 1. The van der Waals surface area contributed by atoms with Crippen molar-refractivity contribution in [3.63, 3.8) is 0 Å². The van der Waals surface area contributed by atoms with Crippen molar-refractivity contribution in [2.75, 3.05) is 20.3 Å². The van der Waals surface area contributed by atoms with E-state index in [1.807, 2.05) is 11.9 Å². The maximum Gasteiger partial charge on any atom is 0.227 e. The molecule has 0 bridgehead atoms. The van der Waals surface area contributed by atoms with Crippen LogP contribution in [0.15, 0.2) is 0 Å². The molecule has 27 heavy (non-hydrogen) atoms. The largest absolute Gasteiger partial charge is 0.381 e. The number of nitrogens with zero attached hydrogens (tertiary/aromatic N) is 2. The Labute approximate surface area is 163 Å². The van der Waals surface area contributed by atoms with Crippen LogP contribution in [0.25, 0.3) is 0 Å². The second-order valence-corrected chi connectivity index (χ2v) is 9.00. The third-order valence-corrected chi connectivity index (χ3v) is 6.23. The Balaban J connectivity index is 1.91. The summed E-state index contributed by atoms with van der Waals surface area (Å²) in [4.78, 5) is 27.9. The first-order valence-electron chi connectivity index (χ1n) is 10.3. The molecule has 1 fully saturated rings. The molecule has 150 valence electrons. The predicted molar refractivity (Wildman–Crippen MR) is 106 cm³/mol. The van der Waals surface area contributed by atoms with Gasteiger partial charge in [-0.05, 0) is 43.6 Å². The highest BCUT2D eigenvalue weighted by Gasteiger charge is 2.37. The van der Waals surface area contributed by atoms with Crippen LogP contribution in [-0.4, -0.2) is 47.5 Å². The summed E-state index contributed by atoms with van der Waals surface area (Å²) in [7, 11) is 1.90. The lowest BCUT2D eigenvalue weighted by Crippen LogP contribution is -2.41. The molecule has 0 unspecified atom stereocenters. The van der Waals surface area contributed by atoms with Gasteiger partial charge in [-0.15, -0.1) is 0 Å². The van der Waals surface area contributed by atoms with Crippen LogP contribution >= 0.6 is 0 Å². The van der Waals surface area contributed by atoms with Gasteiger partial charge in [0.1, 0.15) is 0 Å². The fourth-order valence-electron chi connectivity index (χ4n) is 4.70. The van der Waals surface area contributed by atoms with E-state index in [1.54, 1.807) is 0 Å². The summed E-state index contributed by atoms with van der Waals surface area (Å²) in [6.07, 6.45) is 4.59. The fourth-order valence-corrected chi connectivity index (χ4v) is 4.70. The topological polar surface area (TPSA) is 51.5 Å². The lowest BCUT2D eigenvalue weighted by atomic mass is 9.75. The van der Waals surface area contributed by atoms with Crippen LogP contribution in [0.4, 0.5) is 0 Å². The van der Waals surface area contributed by atoms with E-state index in [4.69, 9.17) is 4.74 Å². The number of likely N-dealkylation sites (N-methyl/N-ethyl adjacent to an activating group) is 1. The maximum atomic E-state index is 13.0. The fraction of sp³-hybridized carbons (Fsp3) is 0.727. The minimum Gasteiger partial charge on any atom is -0.381 e. The zero-order valence-electron chi connectivity index (χ0n) is 17.6. The average Bonchev–Trinajstić information content (AvgIpc) is 2.86. The van der Waals surface area contributed by atoms with Crippen molar-refractivity contribution >= 4 is 11.7 Å². The number of carbonyl (C=O) groups excluding carboxylic acids is 2. The van der Waals surface area contributed by atoms with Gasteiger partial charge < -0.3 is 14.2 Å². The van der Waals surface area contributed by atoms with E-state index in [0.29, 0.717) is 12.8 Å². The summed E-state index contributed by atoms with van der Waals surface area (Å²) in [6.45, 7) is 10.9. The molecule has 0 atom stereocenters. The summed E-state index contributed by atoms with van der Waals surface area (Å²) in [5.41, 5.74) is 4.03. The maximum absolute atomic E-state index is 13.0. The number of amides is 1. The zero-order valence-corrected chi connectivity index (χ0v) is 17.6. The van der Waals surface area contributed by atoms with Crippen LogP contribution in [0.1, 0.15) is 73.8 Å². The van der Waals surface area contributed by atoms with Crippen molar-refractivity contribution in [2.24, 2.45) is 5.41 Å². The number of hydrogen-bond donors (Lipinski definition) is 0. The SMILES string of the molecule is CCCn1c(C)c(CC(=O)N(C)C2CCOCC2)c2c1CC(C)(C)CC2=O. The van der Waals surface area contributed by atoms with E-state index in [9.17, 15) is 9.59 Å². The van der Waals surface area contributed by atoms with Crippen LogP contribution < -0.4 is 0 Å². The van der Waals surface area contributed by atoms with E-state index < -0.39 is 0 Å². The van der Waals surface area contributed by atoms with E-state index in [2.05, 4.69) is 32.3 Å². The summed E-state index contributed by atoms with van der Waals surface area (Å²) in [5, 5.41) is 0. The number of ketones is 1. The van der Waals surface area contributed by atoms with Crippen molar-refractivity contribution in [1.82, 2.24) is 9.47 Å². The molecule has 0 radical (unpaired) electrons. The lowest BCUT2D eigenvalue weighted by Gasteiger charge is -2.32. The Morgan fingerprint density at radius 2 is 1.93 bits per heavy atom. The Morgan fingerprint density at radius 3 is 2.56 bits per heavy atom. The summed E-state index contributed by atoms with van der Waals surface area (Å²) in [5.74, 6) is 0.315. The number of rotatable bonds is 5. The number of hydrogen-bond acceptors (Lipinski definition) is 3. The predicted octanol–water partition coefficient (Wildman–Crippen LogP) is 3.54. The van der Waals surface area contributed by atoms with Gasteiger partial charge in [0.25, 0.3) is 0 Å². The van der Waals surface area contributed by atoms with Crippen LogP contribution in [-0.2, 0) is 28.9 Å². The number of Topliss-reactive ketones (excluding diaryl/α,β-unsaturated/α-hetero) is 1. The van der Waals surface area contributed by atoms with E-state index >= 15 is 0 Å². The highest BCUT2D eigenvalue weighted by Crippen LogP contribution is 2.39. The third-order valence-electron chi connectivity index (χ3n) is 6.23. The molecule has 5 heteroatoms. The summed E-state index contributed by atoms with van der Waals surface area (Å²) < 4.78 is 7.72. The molecule has 1 aromatic rings. The molecular weight excluding hydrogens is 340 g/mol. The van der Waals surface area contributed by atoms with Gasteiger partial charge in [-0.2, -0.15) is 0 Å². The standard InChI is InChI=1S/C22H34N2O3/c1-6-9-24-15(2)17(21-18(24)13-22(3,4)14-19(21)25)12-20(26)23(5)16-7-10-27-11-8-16/h16H,6-14H2,1-5H3. The molecule has 5 nitrogen and oxygen atoms in total. The average molecular weight is 375 g/mol. The third kappa shape index (κ3) is 3.98. The molecule has 0 saturated carbocycles. The molecule has 1 amide bonds. The van der Waals surface area contributed by atoms with Crippen LogP contribution in [0.3, 0.4) is 0 Å². The monoisotopic (exact) mass is 374 g/mol. The molecular formula is C22H34N2O3. The molecule has 0 aromatic carbocycles. The Bertz CT molecular complexity index is 726. The summed E-state index contributed by atoms with van der Waals surface area (Å²) in [6, 6.07) is 0.245. The van der Waals surface area contributed by atoms with Gasteiger partial charge in [-0.25, -0.2) is 0 Å². The Morgan fingerprint density at radius 1 is 1.26 bits per heavy atom. The molecule has 0 spiro atoms. The zero-order chi connectivity index (χ0) is 19.8. The number of carbonyl (C=O) groups is 2. The van der Waals surface area contributed by atoms with Crippen molar-refractivity contribution in [3.8, 4) is 0 Å². The van der Waals surface area contributed by atoms with Gasteiger partial charge in [0, 0.05) is 56.2 Å². The molecule has 0 N–H and O–H groups in total. The number of ether oxygens (including phenoxy) is 1. The van der Waals surface area contributed by atoms with E-state index in [1.165, 1.54) is 0 Å². The first-order chi connectivity index (χ1) is 12.7. The van der Waals surface area contributed by atoms with Gasteiger partial charge in [0.2, 0.25) is 5.91 Å². The molecule has 1 saturated heterocycles. The lowest BCUT2D eigenvalue weighted by molar-refractivity contribution is -0.132. The molecule has 1 aliphatic carbocycles. The second kappa shape index (κ2) is 7.78. The van der Waals surface area contributed by atoms with Gasteiger partial charge in [-0.1, -0.05) is 20.8 Å². The molecule has 2 aliphatic rings. The normalized spacial score (nSPS) is 19.8. The van der Waals surface area contributed by atoms with Crippen molar-refractivity contribution < 1.29 is 14.3 Å². The van der Waals surface area contributed by atoms with Crippen molar-refractivity contribution in [3.05, 3.63) is 22.5 Å². The number of fused-ring (bicyclic) bond motifs is 1. The summed E-state index contributed by atoms with van der Waals surface area (Å²) >= 11 is 0. The van der Waals surface area contributed by atoms with Gasteiger partial charge in [0.15, 0.2) is 5.78 Å². The highest BCUT2D eigenvalue weighted by atomic mass is 16.5. The van der Waals surface area contributed by atoms with E-state index in [0.717, 1.165) is 68.0 Å². The minimum absolute atomic E-state index is 0.0134. The van der Waals surface area contributed by atoms with E-state index in [-0.39, 0.29) is 23.1 Å². The first-order valence-corrected chi connectivity index (χ1v) is 10.3. The van der Waals surface area contributed by atoms with Gasteiger partial charge in [-0.3, -0.25) is 9.59 Å². The second-order valence-electron chi connectivity index (χ2n) is 9.00. The Hall–Kier alpha value is -1.62. The molecule has 1 aromatic heterocycles. The molecule has 3 rings (SSSR count). The first kappa shape index (κ1) is 20.1. The highest BCUT2D eigenvalue weighted by molar-refractivity contribution is 6.01. The quantitative estimate of drug-likeness (QED) is 0.792. The van der Waals surface area contributed by atoms with Crippen LogP contribution in [0.5, 0.6) is 0 Å². The van der Waals surface area contributed by atoms with Crippen LogP contribution in [0.2, 0.25) is 0 Å².